The van der Waals surface area contributed by atoms with E-state index in [4.69, 9.17) is 0 Å². The van der Waals surface area contributed by atoms with Crippen LogP contribution in [0.1, 0.15) is 38.7 Å². The first-order chi connectivity index (χ1) is 10.4. The van der Waals surface area contributed by atoms with E-state index < -0.39 is 10.0 Å². The maximum Gasteiger partial charge on any atom is 0.243 e. The van der Waals surface area contributed by atoms with E-state index in [1.165, 1.54) is 6.92 Å². The molecule has 1 atom stereocenters. The molecule has 1 aliphatic rings. The lowest BCUT2D eigenvalue weighted by atomic mass is 10.1. The molecule has 0 aliphatic carbocycles. The molecule has 1 aromatic rings. The van der Waals surface area contributed by atoms with Crippen LogP contribution < -0.4 is 5.32 Å². The number of piperidine rings is 1. The molecule has 1 aliphatic heterocycles. The minimum atomic E-state index is -3.40. The van der Waals surface area contributed by atoms with Gasteiger partial charge in [-0.3, -0.25) is 4.79 Å². The van der Waals surface area contributed by atoms with Crippen LogP contribution in [0, 0.1) is 0 Å². The van der Waals surface area contributed by atoms with Gasteiger partial charge in [0, 0.05) is 26.1 Å². The summed E-state index contributed by atoms with van der Waals surface area (Å²) in [7, 11) is -3.40. The van der Waals surface area contributed by atoms with E-state index in [0.717, 1.165) is 24.8 Å². The van der Waals surface area contributed by atoms with E-state index in [0.29, 0.717) is 24.4 Å². The zero-order chi connectivity index (χ0) is 16.2. The molecule has 1 saturated heterocycles. The Bertz CT molecular complexity index is 611. The summed E-state index contributed by atoms with van der Waals surface area (Å²) < 4.78 is 27.0. The van der Waals surface area contributed by atoms with Gasteiger partial charge in [0.15, 0.2) is 0 Å². The van der Waals surface area contributed by atoms with E-state index in [2.05, 4.69) is 5.32 Å². The van der Waals surface area contributed by atoms with Crippen LogP contribution in [0.15, 0.2) is 29.2 Å². The van der Waals surface area contributed by atoms with Gasteiger partial charge >= 0.3 is 0 Å². The largest absolute Gasteiger partial charge is 0.356 e. The summed E-state index contributed by atoms with van der Waals surface area (Å²) in [5.74, 6) is -0.0571. The molecular weight excluding hydrogens is 300 g/mol. The monoisotopic (exact) mass is 324 g/mol. The molecule has 0 spiro atoms. The molecule has 0 bridgehead atoms. The molecule has 5 nitrogen and oxygen atoms in total. The van der Waals surface area contributed by atoms with Crippen molar-refractivity contribution in [2.45, 2.75) is 50.5 Å². The summed E-state index contributed by atoms with van der Waals surface area (Å²) in [6, 6.07) is 7.05. The summed E-state index contributed by atoms with van der Waals surface area (Å²) in [4.78, 5) is 11.2. The van der Waals surface area contributed by atoms with Crippen LogP contribution >= 0.6 is 0 Å². The number of nitrogens with zero attached hydrogens (tertiary/aromatic N) is 1. The van der Waals surface area contributed by atoms with Crippen LogP contribution in [-0.2, 0) is 21.2 Å². The number of carbonyl (C=O) groups excluding carboxylic acids is 1. The Hall–Kier alpha value is -1.40. The number of hydrogen-bond acceptors (Lipinski definition) is 3. The zero-order valence-corrected chi connectivity index (χ0v) is 14.0. The Balaban J connectivity index is 2.07. The van der Waals surface area contributed by atoms with Crippen LogP contribution in [0.2, 0.25) is 0 Å². The molecule has 1 heterocycles. The fourth-order valence-corrected chi connectivity index (χ4v) is 4.47. The van der Waals surface area contributed by atoms with Crippen molar-refractivity contribution in [3.05, 3.63) is 29.8 Å². The molecule has 1 aromatic carbocycles. The second-order valence-corrected chi connectivity index (χ2v) is 7.73. The molecule has 0 radical (unpaired) electrons. The molecule has 1 unspecified atom stereocenters. The number of carbonyl (C=O) groups is 1. The van der Waals surface area contributed by atoms with Crippen LogP contribution in [0.3, 0.4) is 0 Å². The first-order valence-corrected chi connectivity index (χ1v) is 9.20. The standard InChI is InChI=1S/C16H24N2O3S/c1-13-5-3-4-12-18(13)22(20,21)16-8-6-15(7-9-16)10-11-17-14(2)19/h6-9,13H,3-5,10-12H2,1-2H3,(H,17,19). The van der Waals surface area contributed by atoms with E-state index in [-0.39, 0.29) is 11.9 Å². The number of hydrogen-bond donors (Lipinski definition) is 1. The number of benzene rings is 1. The van der Waals surface area contributed by atoms with Gasteiger partial charge in [-0.2, -0.15) is 4.31 Å². The summed E-state index contributed by atoms with van der Waals surface area (Å²) in [6.45, 7) is 4.62. The van der Waals surface area contributed by atoms with Gasteiger partial charge in [-0.05, 0) is 43.9 Å². The number of rotatable bonds is 5. The van der Waals surface area contributed by atoms with Crippen molar-refractivity contribution in [1.82, 2.24) is 9.62 Å². The molecule has 22 heavy (non-hydrogen) atoms. The first-order valence-electron chi connectivity index (χ1n) is 7.76. The lowest BCUT2D eigenvalue weighted by Gasteiger charge is -2.32. The van der Waals surface area contributed by atoms with Crippen molar-refractivity contribution in [2.75, 3.05) is 13.1 Å². The maximum absolute atomic E-state index is 12.7. The van der Waals surface area contributed by atoms with Gasteiger partial charge in [-0.15, -0.1) is 0 Å². The summed E-state index contributed by atoms with van der Waals surface area (Å²) in [6.07, 6.45) is 3.64. The zero-order valence-electron chi connectivity index (χ0n) is 13.2. The third-order valence-corrected chi connectivity index (χ3v) is 6.09. The summed E-state index contributed by atoms with van der Waals surface area (Å²) in [5.41, 5.74) is 1.01. The van der Waals surface area contributed by atoms with E-state index in [1.54, 1.807) is 16.4 Å². The van der Waals surface area contributed by atoms with Crippen molar-refractivity contribution in [1.29, 1.82) is 0 Å². The first kappa shape index (κ1) is 17.0. The van der Waals surface area contributed by atoms with Crippen molar-refractivity contribution in [3.63, 3.8) is 0 Å². The second-order valence-electron chi connectivity index (χ2n) is 5.84. The quantitative estimate of drug-likeness (QED) is 0.900. The normalized spacial score (nSPS) is 19.8. The predicted octanol–water partition coefficient (Wildman–Crippen LogP) is 1.93. The lowest BCUT2D eigenvalue weighted by Crippen LogP contribution is -2.41. The second kappa shape index (κ2) is 7.24. The molecule has 1 fully saturated rings. The van der Waals surface area contributed by atoms with Gasteiger partial charge in [0.1, 0.15) is 0 Å². The Labute approximate surface area is 132 Å². The Morgan fingerprint density at radius 3 is 2.55 bits per heavy atom. The third-order valence-electron chi connectivity index (χ3n) is 4.06. The minimum absolute atomic E-state index is 0.0571. The minimum Gasteiger partial charge on any atom is -0.356 e. The van der Waals surface area contributed by atoms with Gasteiger partial charge < -0.3 is 5.32 Å². The highest BCUT2D eigenvalue weighted by molar-refractivity contribution is 7.89. The van der Waals surface area contributed by atoms with Crippen molar-refractivity contribution < 1.29 is 13.2 Å². The highest BCUT2D eigenvalue weighted by Crippen LogP contribution is 2.25. The molecule has 0 aromatic heterocycles. The molecular formula is C16H24N2O3S. The molecule has 1 N–H and O–H groups in total. The average Bonchev–Trinajstić information content (AvgIpc) is 2.47. The Morgan fingerprint density at radius 2 is 1.95 bits per heavy atom. The fraction of sp³-hybridized carbons (Fsp3) is 0.562. The predicted molar refractivity (Wildman–Crippen MR) is 86.0 cm³/mol. The van der Waals surface area contributed by atoms with Gasteiger partial charge in [0.2, 0.25) is 15.9 Å². The lowest BCUT2D eigenvalue weighted by molar-refractivity contribution is -0.118. The number of nitrogens with one attached hydrogen (secondary N) is 1. The van der Waals surface area contributed by atoms with E-state index >= 15 is 0 Å². The molecule has 1 amide bonds. The van der Waals surface area contributed by atoms with E-state index in [1.807, 2.05) is 19.1 Å². The molecule has 6 heteroatoms. The molecule has 122 valence electrons. The van der Waals surface area contributed by atoms with Gasteiger partial charge in [-0.1, -0.05) is 18.6 Å². The third kappa shape index (κ3) is 4.08. The number of amides is 1. The van der Waals surface area contributed by atoms with Crippen molar-refractivity contribution >= 4 is 15.9 Å². The fourth-order valence-electron chi connectivity index (χ4n) is 2.78. The molecule has 0 saturated carbocycles. The van der Waals surface area contributed by atoms with E-state index in [9.17, 15) is 13.2 Å². The van der Waals surface area contributed by atoms with Crippen molar-refractivity contribution in [3.8, 4) is 0 Å². The number of sulfonamides is 1. The summed E-state index contributed by atoms with van der Waals surface area (Å²) in [5, 5.41) is 2.73. The summed E-state index contributed by atoms with van der Waals surface area (Å²) >= 11 is 0. The van der Waals surface area contributed by atoms with Gasteiger partial charge in [-0.25, -0.2) is 8.42 Å². The van der Waals surface area contributed by atoms with Crippen LogP contribution in [0.25, 0.3) is 0 Å². The highest BCUT2D eigenvalue weighted by atomic mass is 32.2. The highest BCUT2D eigenvalue weighted by Gasteiger charge is 2.30. The topological polar surface area (TPSA) is 66.5 Å². The SMILES string of the molecule is CC(=O)NCCc1ccc(S(=O)(=O)N2CCCCC2C)cc1. The van der Waals surface area contributed by atoms with Crippen LogP contribution in [-0.4, -0.2) is 37.8 Å². The Morgan fingerprint density at radius 1 is 1.27 bits per heavy atom. The van der Waals surface area contributed by atoms with Crippen molar-refractivity contribution in [2.24, 2.45) is 0 Å². The smallest absolute Gasteiger partial charge is 0.243 e. The van der Waals surface area contributed by atoms with Gasteiger partial charge in [0.05, 0.1) is 4.90 Å². The van der Waals surface area contributed by atoms with Crippen LogP contribution in [0.4, 0.5) is 0 Å². The average molecular weight is 324 g/mol. The Kier molecular flexibility index (Phi) is 5.58. The van der Waals surface area contributed by atoms with Crippen LogP contribution in [0.5, 0.6) is 0 Å². The van der Waals surface area contributed by atoms with Gasteiger partial charge in [0.25, 0.3) is 0 Å². The maximum atomic E-state index is 12.7. The molecule has 2 rings (SSSR count).